The summed E-state index contributed by atoms with van der Waals surface area (Å²) in [6.45, 7) is 12.3. The van der Waals surface area contributed by atoms with E-state index >= 15 is 0 Å². The quantitative estimate of drug-likeness (QED) is 0.817. The molecule has 0 aromatic carbocycles. The minimum absolute atomic E-state index is 0.192. The molecule has 7 nitrogen and oxygen atoms in total. The van der Waals surface area contributed by atoms with Crippen LogP contribution >= 0.6 is 0 Å². The summed E-state index contributed by atoms with van der Waals surface area (Å²) in [5, 5.41) is 10.1. The van der Waals surface area contributed by atoms with Crippen LogP contribution in [0.3, 0.4) is 0 Å². The molecule has 1 aliphatic rings. The van der Waals surface area contributed by atoms with Gasteiger partial charge in [-0.2, -0.15) is 5.26 Å². The van der Waals surface area contributed by atoms with E-state index in [0.29, 0.717) is 32.2 Å². The van der Waals surface area contributed by atoms with Gasteiger partial charge >= 0.3 is 0 Å². The number of aromatic nitrogens is 3. The number of nitriles is 1. The van der Waals surface area contributed by atoms with Crippen LogP contribution in [-0.4, -0.2) is 48.4 Å². The maximum Gasteiger partial charge on any atom is 0.226 e. The Kier molecular flexibility index (Phi) is 7.31. The van der Waals surface area contributed by atoms with Crippen LogP contribution in [0.4, 0.5) is 5.82 Å². The SMILES string of the molecule is CC.COc1nc(C)cc2nc(C(C)C)nc(N3CCOCC(C#N)C3)c12. The van der Waals surface area contributed by atoms with Crippen molar-refractivity contribution in [2.24, 2.45) is 5.92 Å². The molecule has 0 bridgehead atoms. The second-order valence-electron chi connectivity index (χ2n) is 6.57. The Hall–Kier alpha value is -2.46. The molecule has 1 unspecified atom stereocenters. The molecule has 0 spiro atoms. The third-order valence-corrected chi connectivity index (χ3v) is 4.23. The van der Waals surface area contributed by atoms with Gasteiger partial charge in [0.15, 0.2) is 0 Å². The summed E-state index contributed by atoms with van der Waals surface area (Å²) < 4.78 is 11.1. The third-order valence-electron chi connectivity index (χ3n) is 4.23. The number of fused-ring (bicyclic) bond motifs is 1. The van der Waals surface area contributed by atoms with Crippen molar-refractivity contribution in [2.75, 3.05) is 38.3 Å². The molecule has 3 rings (SSSR count). The van der Waals surface area contributed by atoms with E-state index in [2.05, 4.69) is 29.8 Å². The maximum atomic E-state index is 9.35. The van der Waals surface area contributed by atoms with Gasteiger partial charge in [0, 0.05) is 24.7 Å². The normalized spacial score (nSPS) is 17.1. The molecular formula is C20H29N5O2. The monoisotopic (exact) mass is 371 g/mol. The minimum atomic E-state index is -0.195. The number of ether oxygens (including phenoxy) is 2. The summed E-state index contributed by atoms with van der Waals surface area (Å²) in [6.07, 6.45) is 0. The van der Waals surface area contributed by atoms with Crippen molar-refractivity contribution >= 4 is 16.7 Å². The van der Waals surface area contributed by atoms with Gasteiger partial charge in [-0.15, -0.1) is 0 Å². The Morgan fingerprint density at radius 3 is 2.67 bits per heavy atom. The van der Waals surface area contributed by atoms with Gasteiger partial charge in [-0.1, -0.05) is 27.7 Å². The second kappa shape index (κ2) is 9.47. The molecule has 1 atom stereocenters. The fourth-order valence-electron chi connectivity index (χ4n) is 2.95. The van der Waals surface area contributed by atoms with Gasteiger partial charge in [0.1, 0.15) is 17.0 Å². The first-order valence-electron chi connectivity index (χ1n) is 9.49. The Bertz CT molecular complexity index is 816. The molecule has 27 heavy (non-hydrogen) atoms. The Balaban J connectivity index is 0.00000126. The summed E-state index contributed by atoms with van der Waals surface area (Å²) in [4.78, 5) is 16.1. The number of rotatable bonds is 3. The predicted octanol–water partition coefficient (Wildman–Crippen LogP) is 3.47. The number of anilines is 1. The number of methoxy groups -OCH3 is 1. The van der Waals surface area contributed by atoms with Crippen LogP contribution in [0.5, 0.6) is 5.88 Å². The van der Waals surface area contributed by atoms with E-state index in [1.807, 2.05) is 26.8 Å². The van der Waals surface area contributed by atoms with Crippen LogP contribution in [-0.2, 0) is 4.74 Å². The molecule has 7 heteroatoms. The van der Waals surface area contributed by atoms with Gasteiger partial charge < -0.3 is 14.4 Å². The predicted molar refractivity (Wildman–Crippen MR) is 106 cm³/mol. The summed E-state index contributed by atoms with van der Waals surface area (Å²) in [6, 6.07) is 4.26. The fraction of sp³-hybridized carbons (Fsp3) is 0.600. The molecule has 0 amide bonds. The van der Waals surface area contributed by atoms with Crippen molar-refractivity contribution in [3.63, 3.8) is 0 Å². The van der Waals surface area contributed by atoms with E-state index in [9.17, 15) is 5.26 Å². The largest absolute Gasteiger partial charge is 0.480 e. The van der Waals surface area contributed by atoms with Gasteiger partial charge in [-0.25, -0.2) is 15.0 Å². The topological polar surface area (TPSA) is 84.2 Å². The Labute approximate surface area is 161 Å². The second-order valence-corrected chi connectivity index (χ2v) is 6.57. The number of hydrogen-bond donors (Lipinski definition) is 0. The number of pyridine rings is 1. The average molecular weight is 371 g/mol. The van der Waals surface area contributed by atoms with E-state index in [1.165, 1.54) is 0 Å². The molecule has 2 aromatic heterocycles. The average Bonchev–Trinajstić information content (AvgIpc) is 2.93. The molecule has 2 aromatic rings. The summed E-state index contributed by atoms with van der Waals surface area (Å²) >= 11 is 0. The first-order chi connectivity index (χ1) is 13.0. The lowest BCUT2D eigenvalue weighted by atomic mass is 10.1. The smallest absolute Gasteiger partial charge is 0.226 e. The lowest BCUT2D eigenvalue weighted by Crippen LogP contribution is -2.31. The fourth-order valence-corrected chi connectivity index (χ4v) is 2.95. The van der Waals surface area contributed by atoms with Crippen molar-refractivity contribution in [3.8, 4) is 11.9 Å². The first kappa shape index (κ1) is 20.8. The standard InChI is InChI=1S/C18H23N5O2.C2H6/c1-11(2)16-21-14-7-12(3)20-18(24-4)15(14)17(22-16)23-5-6-25-10-13(8-19)9-23;1-2/h7,11,13H,5-6,9-10H2,1-4H3;1-2H3. The van der Waals surface area contributed by atoms with Crippen molar-refractivity contribution in [3.05, 3.63) is 17.6 Å². The van der Waals surface area contributed by atoms with Crippen molar-refractivity contribution < 1.29 is 9.47 Å². The number of nitrogens with zero attached hydrogens (tertiary/aromatic N) is 5. The van der Waals surface area contributed by atoms with E-state index in [4.69, 9.17) is 19.4 Å². The van der Waals surface area contributed by atoms with Crippen LogP contribution in [0.15, 0.2) is 6.07 Å². The molecule has 0 saturated carbocycles. The zero-order valence-electron chi connectivity index (χ0n) is 17.1. The number of hydrogen-bond acceptors (Lipinski definition) is 7. The van der Waals surface area contributed by atoms with Crippen LogP contribution in [0.2, 0.25) is 0 Å². The highest BCUT2D eigenvalue weighted by molar-refractivity contribution is 5.94. The van der Waals surface area contributed by atoms with Crippen LogP contribution < -0.4 is 9.64 Å². The van der Waals surface area contributed by atoms with Crippen molar-refractivity contribution in [1.82, 2.24) is 15.0 Å². The van der Waals surface area contributed by atoms with Crippen LogP contribution in [0.1, 0.15) is 45.1 Å². The lowest BCUT2D eigenvalue weighted by molar-refractivity contribution is 0.137. The van der Waals surface area contributed by atoms with Crippen LogP contribution in [0.25, 0.3) is 10.9 Å². The molecule has 0 radical (unpaired) electrons. The van der Waals surface area contributed by atoms with E-state index < -0.39 is 0 Å². The third kappa shape index (κ3) is 4.64. The molecule has 1 fully saturated rings. The van der Waals surface area contributed by atoms with Crippen molar-refractivity contribution in [1.29, 1.82) is 5.26 Å². The van der Waals surface area contributed by atoms with Gasteiger partial charge in [-0.05, 0) is 13.0 Å². The van der Waals surface area contributed by atoms with Crippen LogP contribution in [0, 0.1) is 24.2 Å². The van der Waals surface area contributed by atoms with Gasteiger partial charge in [-0.3, -0.25) is 0 Å². The number of aryl methyl sites for hydroxylation is 1. The molecule has 0 aliphatic carbocycles. The first-order valence-corrected chi connectivity index (χ1v) is 9.49. The summed E-state index contributed by atoms with van der Waals surface area (Å²) in [5.74, 6) is 2.05. The minimum Gasteiger partial charge on any atom is -0.480 e. The Morgan fingerprint density at radius 1 is 1.30 bits per heavy atom. The molecule has 1 aliphatic heterocycles. The molecule has 1 saturated heterocycles. The van der Waals surface area contributed by atoms with Gasteiger partial charge in [0.2, 0.25) is 5.88 Å². The Morgan fingerprint density at radius 2 is 2.04 bits per heavy atom. The molecular weight excluding hydrogens is 342 g/mol. The molecule has 0 N–H and O–H groups in total. The molecule has 3 heterocycles. The highest BCUT2D eigenvalue weighted by Crippen LogP contribution is 2.33. The zero-order valence-corrected chi connectivity index (χ0v) is 17.1. The molecule has 146 valence electrons. The van der Waals surface area contributed by atoms with E-state index in [-0.39, 0.29) is 11.8 Å². The van der Waals surface area contributed by atoms with E-state index in [0.717, 1.165) is 28.2 Å². The van der Waals surface area contributed by atoms with Crippen molar-refractivity contribution in [2.45, 2.75) is 40.5 Å². The van der Waals surface area contributed by atoms with Gasteiger partial charge in [0.05, 0.1) is 37.8 Å². The highest BCUT2D eigenvalue weighted by Gasteiger charge is 2.24. The maximum absolute atomic E-state index is 9.35. The highest BCUT2D eigenvalue weighted by atomic mass is 16.5. The zero-order chi connectivity index (χ0) is 20.0. The van der Waals surface area contributed by atoms with Gasteiger partial charge in [0.25, 0.3) is 0 Å². The summed E-state index contributed by atoms with van der Waals surface area (Å²) in [5.41, 5.74) is 1.66. The lowest BCUT2D eigenvalue weighted by Gasteiger charge is -2.25. The summed E-state index contributed by atoms with van der Waals surface area (Å²) in [7, 11) is 1.60. The van der Waals surface area contributed by atoms with E-state index in [1.54, 1.807) is 7.11 Å².